The molecule has 3 atom stereocenters. The molecule has 1 N–H and O–H groups in total. The summed E-state index contributed by atoms with van der Waals surface area (Å²) in [7, 11) is 1.82. The van der Waals surface area contributed by atoms with E-state index in [9.17, 15) is 13.2 Å². The fourth-order valence-electron chi connectivity index (χ4n) is 6.33. The minimum absolute atomic E-state index is 0.0155. The van der Waals surface area contributed by atoms with Crippen molar-refractivity contribution < 1.29 is 17.9 Å². The highest BCUT2D eigenvalue weighted by Gasteiger charge is 2.43. The molecule has 0 radical (unpaired) electrons. The number of nitrogens with zero attached hydrogens (tertiary/aromatic N) is 5. The van der Waals surface area contributed by atoms with Gasteiger partial charge in [-0.2, -0.15) is 18.3 Å². The lowest BCUT2D eigenvalue weighted by molar-refractivity contribution is -0.137. The van der Waals surface area contributed by atoms with Gasteiger partial charge in [-0.15, -0.1) is 10.2 Å². The van der Waals surface area contributed by atoms with Crippen molar-refractivity contribution in [2.45, 2.75) is 37.9 Å². The molecule has 3 fully saturated rings. The average Bonchev–Trinajstić information content (AvgIpc) is 3.52. The van der Waals surface area contributed by atoms with Gasteiger partial charge in [-0.05, 0) is 61.6 Å². The van der Waals surface area contributed by atoms with Crippen LogP contribution in [0, 0.1) is 17.8 Å². The van der Waals surface area contributed by atoms with E-state index in [1.165, 1.54) is 0 Å². The Morgan fingerprint density at radius 1 is 1.06 bits per heavy atom. The number of anilines is 1. The Bertz CT molecular complexity index is 1220. The number of aryl methyl sites for hydroxylation is 1. The zero-order valence-corrected chi connectivity index (χ0v) is 20.3. The van der Waals surface area contributed by atoms with Crippen LogP contribution in [0.5, 0.6) is 0 Å². The van der Waals surface area contributed by atoms with Crippen molar-refractivity contribution in [1.82, 2.24) is 24.9 Å². The maximum absolute atomic E-state index is 14.0. The number of hydrogen-bond acceptors (Lipinski definition) is 6. The van der Waals surface area contributed by atoms with Crippen LogP contribution < -0.4 is 5.32 Å². The maximum Gasteiger partial charge on any atom is 0.420 e. The van der Waals surface area contributed by atoms with Gasteiger partial charge < -0.3 is 15.0 Å². The molecular weight excluding hydrogens is 469 g/mol. The van der Waals surface area contributed by atoms with Gasteiger partial charge in [-0.1, -0.05) is 6.07 Å². The molecule has 1 unspecified atom stereocenters. The second-order valence-electron chi connectivity index (χ2n) is 10.6. The van der Waals surface area contributed by atoms with Crippen molar-refractivity contribution >= 4 is 16.7 Å². The van der Waals surface area contributed by atoms with E-state index >= 15 is 0 Å². The molecule has 36 heavy (non-hydrogen) atoms. The van der Waals surface area contributed by atoms with Gasteiger partial charge in [0.1, 0.15) is 5.56 Å². The molecule has 1 aliphatic carbocycles. The fourth-order valence-corrected chi connectivity index (χ4v) is 6.33. The summed E-state index contributed by atoms with van der Waals surface area (Å²) in [6.07, 6.45) is 1.15. The number of aromatic nitrogens is 4. The number of alkyl halides is 3. The molecule has 0 spiro atoms. The summed E-state index contributed by atoms with van der Waals surface area (Å²) in [5.41, 5.74) is 0.918. The summed E-state index contributed by atoms with van der Waals surface area (Å²) in [4.78, 5) is 2.55. The van der Waals surface area contributed by atoms with Crippen LogP contribution in [0.15, 0.2) is 30.5 Å². The first-order valence-corrected chi connectivity index (χ1v) is 12.8. The summed E-state index contributed by atoms with van der Waals surface area (Å²) >= 11 is 0. The molecule has 192 valence electrons. The highest BCUT2D eigenvalue weighted by molar-refractivity contribution is 5.84. The van der Waals surface area contributed by atoms with Crippen LogP contribution in [0.3, 0.4) is 0 Å². The number of rotatable bonds is 5. The second kappa shape index (κ2) is 9.30. The van der Waals surface area contributed by atoms with Gasteiger partial charge in [0, 0.05) is 56.9 Å². The lowest BCUT2D eigenvalue weighted by atomic mass is 10.00. The standard InChI is InChI=1S/C26H31F3N6O/c1-34-24-3-2-17(8-18(24)12-30-34)23-11-22(26(27,28)29)25(33-32-23)31-21-9-19-14-35(15-20(19)10-21)13-16-4-6-36-7-5-16/h2-3,8,11-12,16,19-21H,4-7,9-10,13-15H2,1H3,(H,31,33)/t19-,20+,21?. The Hall–Kier alpha value is -2.72. The quantitative estimate of drug-likeness (QED) is 0.553. The van der Waals surface area contributed by atoms with Gasteiger partial charge in [-0.3, -0.25) is 4.68 Å². The third-order valence-electron chi connectivity index (χ3n) is 8.17. The molecular formula is C26H31F3N6O. The normalized spacial score (nSPS) is 25.5. The minimum atomic E-state index is -4.53. The van der Waals surface area contributed by atoms with E-state index in [4.69, 9.17) is 4.74 Å². The molecule has 6 rings (SSSR count). The van der Waals surface area contributed by atoms with Crippen LogP contribution in [0.1, 0.15) is 31.2 Å². The monoisotopic (exact) mass is 500 g/mol. The van der Waals surface area contributed by atoms with E-state index in [-0.39, 0.29) is 17.6 Å². The summed E-state index contributed by atoms with van der Waals surface area (Å²) in [6.45, 7) is 4.90. The van der Waals surface area contributed by atoms with Crippen LogP contribution in [0.2, 0.25) is 0 Å². The maximum atomic E-state index is 14.0. The molecule has 1 aromatic carbocycles. The van der Waals surface area contributed by atoms with E-state index in [0.717, 1.165) is 75.5 Å². The predicted molar refractivity (Wildman–Crippen MR) is 130 cm³/mol. The van der Waals surface area contributed by atoms with Gasteiger partial charge in [0.05, 0.1) is 17.4 Å². The number of hydrogen-bond donors (Lipinski definition) is 1. The zero-order chi connectivity index (χ0) is 24.9. The average molecular weight is 501 g/mol. The van der Waals surface area contributed by atoms with Gasteiger partial charge in [0.25, 0.3) is 0 Å². The van der Waals surface area contributed by atoms with Gasteiger partial charge in [0.15, 0.2) is 5.82 Å². The van der Waals surface area contributed by atoms with E-state index in [0.29, 0.717) is 23.3 Å². The number of halogens is 3. The zero-order valence-electron chi connectivity index (χ0n) is 20.3. The first-order chi connectivity index (χ1) is 17.3. The van der Waals surface area contributed by atoms with Gasteiger partial charge >= 0.3 is 6.18 Å². The van der Waals surface area contributed by atoms with E-state index < -0.39 is 11.7 Å². The first kappa shape index (κ1) is 23.7. The van der Waals surface area contributed by atoms with Crippen LogP contribution in [-0.4, -0.2) is 63.8 Å². The summed E-state index contributed by atoms with van der Waals surface area (Å²) in [5, 5.41) is 16.4. The van der Waals surface area contributed by atoms with Crippen molar-refractivity contribution in [2.24, 2.45) is 24.8 Å². The summed E-state index contributed by atoms with van der Waals surface area (Å²) < 4.78 is 49.3. The predicted octanol–water partition coefficient (Wildman–Crippen LogP) is 4.60. The van der Waals surface area contributed by atoms with Crippen LogP contribution in [-0.2, 0) is 18.0 Å². The molecule has 3 aliphatic rings. The number of likely N-dealkylation sites (tertiary alicyclic amines) is 1. The molecule has 2 aromatic heterocycles. The highest BCUT2D eigenvalue weighted by atomic mass is 19.4. The van der Waals surface area contributed by atoms with Crippen molar-refractivity contribution in [1.29, 1.82) is 0 Å². The minimum Gasteiger partial charge on any atom is -0.381 e. The third kappa shape index (κ3) is 4.68. The fraction of sp³-hybridized carbons (Fsp3) is 0.577. The molecule has 4 heterocycles. The molecule has 3 aromatic rings. The molecule has 2 saturated heterocycles. The van der Waals surface area contributed by atoms with Crippen LogP contribution in [0.25, 0.3) is 22.2 Å². The van der Waals surface area contributed by atoms with Crippen molar-refractivity contribution in [3.63, 3.8) is 0 Å². The van der Waals surface area contributed by atoms with Crippen molar-refractivity contribution in [3.8, 4) is 11.3 Å². The Kier molecular flexibility index (Phi) is 6.11. The number of nitrogens with one attached hydrogen (secondary N) is 1. The van der Waals surface area contributed by atoms with Crippen LogP contribution >= 0.6 is 0 Å². The smallest absolute Gasteiger partial charge is 0.381 e. The van der Waals surface area contributed by atoms with E-state index in [1.54, 1.807) is 23.0 Å². The number of ether oxygens (including phenoxy) is 1. The lowest BCUT2D eigenvalue weighted by Crippen LogP contribution is -2.32. The lowest BCUT2D eigenvalue weighted by Gasteiger charge is -2.28. The SMILES string of the molecule is Cn1ncc2cc(-c3cc(C(F)(F)F)c(NC4C[C@@H]5CN(CC6CCOCC6)C[C@@H]5C4)nn3)ccc21. The van der Waals surface area contributed by atoms with Crippen LogP contribution in [0.4, 0.5) is 19.0 Å². The van der Waals surface area contributed by atoms with Crippen molar-refractivity contribution in [3.05, 3.63) is 36.0 Å². The number of benzene rings is 1. The third-order valence-corrected chi connectivity index (χ3v) is 8.17. The Labute approximate surface area is 208 Å². The van der Waals surface area contributed by atoms with Crippen molar-refractivity contribution in [2.75, 3.05) is 38.2 Å². The topological polar surface area (TPSA) is 68.1 Å². The Morgan fingerprint density at radius 2 is 1.81 bits per heavy atom. The molecule has 1 saturated carbocycles. The van der Waals surface area contributed by atoms with Gasteiger partial charge in [-0.25, -0.2) is 0 Å². The highest BCUT2D eigenvalue weighted by Crippen LogP contribution is 2.42. The molecule has 0 amide bonds. The second-order valence-corrected chi connectivity index (χ2v) is 10.6. The largest absolute Gasteiger partial charge is 0.420 e. The Morgan fingerprint density at radius 3 is 2.53 bits per heavy atom. The van der Waals surface area contributed by atoms with Gasteiger partial charge in [0.2, 0.25) is 0 Å². The molecule has 7 nitrogen and oxygen atoms in total. The summed E-state index contributed by atoms with van der Waals surface area (Å²) in [5.74, 6) is 1.58. The molecule has 0 bridgehead atoms. The van der Waals surface area contributed by atoms with E-state index in [1.807, 2.05) is 13.1 Å². The molecule has 2 aliphatic heterocycles. The summed E-state index contributed by atoms with van der Waals surface area (Å²) in [6, 6.07) is 6.48. The number of fused-ring (bicyclic) bond motifs is 2. The Balaban J connectivity index is 1.15. The molecule has 10 heteroatoms. The van der Waals surface area contributed by atoms with E-state index in [2.05, 4.69) is 25.5 Å². The first-order valence-electron chi connectivity index (χ1n) is 12.8.